The van der Waals surface area contributed by atoms with E-state index in [2.05, 4.69) is 15.3 Å². The molecule has 7 nitrogen and oxygen atoms in total. The van der Waals surface area contributed by atoms with Crippen molar-refractivity contribution in [2.45, 2.75) is 12.5 Å². The summed E-state index contributed by atoms with van der Waals surface area (Å²) in [6.07, 6.45) is 1.74. The van der Waals surface area contributed by atoms with Gasteiger partial charge in [-0.1, -0.05) is 17.7 Å². The van der Waals surface area contributed by atoms with Crippen molar-refractivity contribution in [1.82, 2.24) is 14.9 Å². The highest BCUT2D eigenvalue weighted by atomic mass is 35.5. The highest BCUT2D eigenvalue weighted by molar-refractivity contribution is 7.91. The molecule has 9 heteroatoms. The molecular formula is C16H17ClN4O3S. The molecule has 1 aromatic heterocycles. The molecule has 2 heterocycles. The number of benzene rings is 1. The quantitative estimate of drug-likeness (QED) is 0.873. The molecule has 1 fully saturated rings. The lowest BCUT2D eigenvalue weighted by atomic mass is 10.2. The molecule has 0 saturated carbocycles. The average Bonchev–Trinajstić information content (AvgIpc) is 2.94. The number of nitrogens with one attached hydrogen (secondary N) is 1. The first-order valence-corrected chi connectivity index (χ1v) is 9.86. The van der Waals surface area contributed by atoms with Crippen LogP contribution in [-0.2, 0) is 9.84 Å². The summed E-state index contributed by atoms with van der Waals surface area (Å²) in [7, 11) is -1.46. The van der Waals surface area contributed by atoms with Crippen LogP contribution in [0, 0.1) is 0 Å². The number of sulfone groups is 1. The predicted molar refractivity (Wildman–Crippen MR) is 95.9 cm³/mol. The van der Waals surface area contributed by atoms with Crippen molar-refractivity contribution in [2.75, 3.05) is 23.9 Å². The molecule has 1 N–H and O–H groups in total. The first-order chi connectivity index (χ1) is 11.8. The average molecular weight is 381 g/mol. The van der Waals surface area contributed by atoms with E-state index in [1.807, 2.05) is 6.07 Å². The van der Waals surface area contributed by atoms with Crippen LogP contribution < -0.4 is 5.32 Å². The van der Waals surface area contributed by atoms with Gasteiger partial charge >= 0.3 is 0 Å². The summed E-state index contributed by atoms with van der Waals surface area (Å²) in [5.41, 5.74) is 0.936. The fourth-order valence-electron chi connectivity index (χ4n) is 2.68. The van der Waals surface area contributed by atoms with E-state index in [9.17, 15) is 13.2 Å². The zero-order valence-corrected chi connectivity index (χ0v) is 15.1. The molecule has 1 aliphatic rings. The Labute approximate surface area is 151 Å². The molecule has 0 aliphatic carbocycles. The lowest BCUT2D eigenvalue weighted by Crippen LogP contribution is -2.38. The number of anilines is 2. The monoisotopic (exact) mass is 380 g/mol. The van der Waals surface area contributed by atoms with Crippen molar-refractivity contribution in [2.24, 2.45) is 0 Å². The Morgan fingerprint density at radius 2 is 2.12 bits per heavy atom. The molecule has 0 spiro atoms. The first-order valence-electron chi connectivity index (χ1n) is 7.66. The number of aromatic nitrogens is 2. The van der Waals surface area contributed by atoms with Crippen LogP contribution in [0.2, 0.25) is 5.02 Å². The van der Waals surface area contributed by atoms with Gasteiger partial charge in [-0.25, -0.2) is 18.4 Å². The van der Waals surface area contributed by atoms with Gasteiger partial charge in [-0.15, -0.1) is 0 Å². The van der Waals surface area contributed by atoms with Crippen LogP contribution in [0.15, 0.2) is 36.7 Å². The fraction of sp³-hybridized carbons (Fsp3) is 0.312. The number of rotatable bonds is 4. The number of hydrogen-bond acceptors (Lipinski definition) is 6. The van der Waals surface area contributed by atoms with Gasteiger partial charge in [0.05, 0.1) is 11.5 Å². The minimum Gasteiger partial charge on any atom is -0.340 e. The summed E-state index contributed by atoms with van der Waals surface area (Å²) in [6, 6.07) is 8.32. The number of carbonyl (C=O) groups excluding carboxylic acids is 1. The Morgan fingerprint density at radius 1 is 1.32 bits per heavy atom. The maximum atomic E-state index is 12.6. The third-order valence-corrected chi connectivity index (χ3v) is 6.05. The van der Waals surface area contributed by atoms with Gasteiger partial charge in [0.15, 0.2) is 9.84 Å². The number of hydrogen-bond donors (Lipinski definition) is 1. The van der Waals surface area contributed by atoms with Crippen LogP contribution in [0.5, 0.6) is 0 Å². The smallest absolute Gasteiger partial charge is 0.272 e. The van der Waals surface area contributed by atoms with Crippen LogP contribution in [0.1, 0.15) is 16.9 Å². The van der Waals surface area contributed by atoms with Gasteiger partial charge in [0.2, 0.25) is 0 Å². The molecule has 0 bridgehead atoms. The lowest BCUT2D eigenvalue weighted by molar-refractivity contribution is 0.0741. The predicted octanol–water partition coefficient (Wildman–Crippen LogP) is 2.13. The van der Waals surface area contributed by atoms with Crippen molar-refractivity contribution < 1.29 is 13.2 Å². The largest absolute Gasteiger partial charge is 0.340 e. The molecule has 2 aromatic rings. The molecule has 132 valence electrons. The van der Waals surface area contributed by atoms with Gasteiger partial charge in [0, 0.05) is 29.9 Å². The summed E-state index contributed by atoms with van der Waals surface area (Å²) in [5.74, 6) is 0.223. The summed E-state index contributed by atoms with van der Waals surface area (Å²) < 4.78 is 23.2. The lowest BCUT2D eigenvalue weighted by Gasteiger charge is -2.23. The van der Waals surface area contributed by atoms with E-state index in [-0.39, 0.29) is 29.1 Å². The number of carbonyl (C=O) groups is 1. The third kappa shape index (κ3) is 4.26. The van der Waals surface area contributed by atoms with Gasteiger partial charge in [0.1, 0.15) is 17.8 Å². The van der Waals surface area contributed by atoms with Crippen molar-refractivity contribution in [1.29, 1.82) is 0 Å². The molecule has 25 heavy (non-hydrogen) atoms. The van der Waals surface area contributed by atoms with Crippen LogP contribution >= 0.6 is 11.6 Å². The second-order valence-electron chi connectivity index (χ2n) is 5.90. The Bertz CT molecular complexity index is 904. The van der Waals surface area contributed by atoms with Gasteiger partial charge in [-0.3, -0.25) is 4.79 Å². The summed E-state index contributed by atoms with van der Waals surface area (Å²) in [5, 5.41) is 3.64. The minimum atomic E-state index is -3.06. The second kappa shape index (κ2) is 6.97. The molecule has 1 saturated heterocycles. The minimum absolute atomic E-state index is 0.00601. The number of nitrogens with zero attached hydrogens (tertiary/aromatic N) is 3. The van der Waals surface area contributed by atoms with E-state index < -0.39 is 9.84 Å². The van der Waals surface area contributed by atoms with Gasteiger partial charge < -0.3 is 10.2 Å². The molecule has 1 atom stereocenters. The molecule has 1 unspecified atom stereocenters. The van der Waals surface area contributed by atoms with Crippen molar-refractivity contribution in [3.05, 3.63) is 47.4 Å². The van der Waals surface area contributed by atoms with Gasteiger partial charge in [-0.05, 0) is 24.6 Å². The molecule has 1 amide bonds. The maximum Gasteiger partial charge on any atom is 0.272 e. The highest BCUT2D eigenvalue weighted by Gasteiger charge is 2.33. The Balaban J connectivity index is 1.75. The molecule has 0 radical (unpaired) electrons. The van der Waals surface area contributed by atoms with E-state index in [4.69, 9.17) is 11.6 Å². The van der Waals surface area contributed by atoms with Crippen molar-refractivity contribution >= 4 is 38.9 Å². The topological polar surface area (TPSA) is 92.3 Å². The van der Waals surface area contributed by atoms with Crippen LogP contribution in [0.25, 0.3) is 0 Å². The fourth-order valence-corrected chi connectivity index (χ4v) is 4.65. The van der Waals surface area contributed by atoms with Gasteiger partial charge in [0.25, 0.3) is 5.91 Å². The van der Waals surface area contributed by atoms with Crippen LogP contribution in [-0.4, -0.2) is 53.8 Å². The highest BCUT2D eigenvalue weighted by Crippen LogP contribution is 2.21. The third-order valence-electron chi connectivity index (χ3n) is 4.06. The molecule has 1 aliphatic heterocycles. The number of halogens is 1. The standard InChI is InChI=1S/C16H17ClN4O3S/c1-21(13-5-6-25(23,24)9-13)16(22)14-8-15(19-10-18-14)20-12-4-2-3-11(17)7-12/h2-4,7-8,10,13H,5-6,9H2,1H3,(H,18,19,20). The molecule has 3 rings (SSSR count). The second-order valence-corrected chi connectivity index (χ2v) is 8.56. The molecule has 1 aromatic carbocycles. The summed E-state index contributed by atoms with van der Waals surface area (Å²) in [4.78, 5) is 22.1. The van der Waals surface area contributed by atoms with E-state index in [1.54, 1.807) is 25.2 Å². The summed E-state index contributed by atoms with van der Waals surface area (Å²) in [6.45, 7) is 0. The Hall–Kier alpha value is -2.19. The van der Waals surface area contributed by atoms with Crippen LogP contribution in [0.4, 0.5) is 11.5 Å². The Morgan fingerprint density at radius 3 is 2.80 bits per heavy atom. The van der Waals surface area contributed by atoms with Gasteiger partial charge in [-0.2, -0.15) is 0 Å². The zero-order chi connectivity index (χ0) is 18.0. The normalized spacial score (nSPS) is 18.7. The maximum absolute atomic E-state index is 12.6. The molecular weight excluding hydrogens is 364 g/mol. The van der Waals surface area contributed by atoms with Crippen molar-refractivity contribution in [3.8, 4) is 0 Å². The first kappa shape index (κ1) is 17.6. The number of amides is 1. The van der Waals surface area contributed by atoms with E-state index in [0.717, 1.165) is 5.69 Å². The van der Waals surface area contributed by atoms with Crippen molar-refractivity contribution in [3.63, 3.8) is 0 Å². The van der Waals surface area contributed by atoms with E-state index in [1.165, 1.54) is 17.3 Å². The van der Waals surface area contributed by atoms with E-state index >= 15 is 0 Å². The van der Waals surface area contributed by atoms with Crippen LogP contribution in [0.3, 0.4) is 0 Å². The summed E-state index contributed by atoms with van der Waals surface area (Å²) >= 11 is 5.95. The van der Waals surface area contributed by atoms with E-state index in [0.29, 0.717) is 17.3 Å². The Kier molecular flexibility index (Phi) is 4.91. The SMILES string of the molecule is CN(C(=O)c1cc(Nc2cccc(Cl)c2)ncn1)C1CCS(=O)(=O)C1. The zero-order valence-electron chi connectivity index (χ0n) is 13.5.